The average molecular weight is 355 g/mol. The van der Waals surface area contributed by atoms with Crippen LogP contribution in [0.3, 0.4) is 0 Å². The standard InChI is InChI=1S/C19H21N3O2S/c1-4-15-10-16-18(25-15)21-13(3)22(19(16)24)11-17(23)20-12(2)14-8-6-5-7-9-14/h5-10,12H,4,11H2,1-3H3,(H,20,23). The summed E-state index contributed by atoms with van der Waals surface area (Å²) in [7, 11) is 0. The molecule has 5 nitrogen and oxygen atoms in total. The van der Waals surface area contributed by atoms with Gasteiger partial charge in [0.05, 0.1) is 11.4 Å². The van der Waals surface area contributed by atoms with Crippen LogP contribution in [0.2, 0.25) is 0 Å². The second kappa shape index (κ2) is 7.19. The number of carbonyl (C=O) groups excluding carboxylic acids is 1. The number of hydrogen-bond donors (Lipinski definition) is 1. The third-order valence-corrected chi connectivity index (χ3v) is 5.39. The second-order valence-corrected chi connectivity index (χ2v) is 7.15. The number of thiophene rings is 1. The number of hydrogen-bond acceptors (Lipinski definition) is 4. The summed E-state index contributed by atoms with van der Waals surface area (Å²) >= 11 is 1.54. The lowest BCUT2D eigenvalue weighted by Gasteiger charge is -2.15. The van der Waals surface area contributed by atoms with E-state index in [9.17, 15) is 9.59 Å². The van der Waals surface area contributed by atoms with Crippen molar-refractivity contribution in [2.24, 2.45) is 0 Å². The van der Waals surface area contributed by atoms with Crippen molar-refractivity contribution >= 4 is 27.5 Å². The Balaban J connectivity index is 1.82. The first kappa shape index (κ1) is 17.4. The summed E-state index contributed by atoms with van der Waals surface area (Å²) in [5, 5.41) is 3.53. The van der Waals surface area contributed by atoms with E-state index in [-0.39, 0.29) is 24.1 Å². The maximum absolute atomic E-state index is 12.7. The Labute approximate surface area is 150 Å². The van der Waals surface area contributed by atoms with E-state index in [1.165, 1.54) is 15.9 Å². The van der Waals surface area contributed by atoms with Crippen LogP contribution in [0.15, 0.2) is 41.2 Å². The first-order valence-electron chi connectivity index (χ1n) is 8.33. The highest BCUT2D eigenvalue weighted by atomic mass is 32.1. The van der Waals surface area contributed by atoms with E-state index in [2.05, 4.69) is 17.2 Å². The van der Waals surface area contributed by atoms with E-state index < -0.39 is 0 Å². The van der Waals surface area contributed by atoms with Crippen molar-refractivity contribution in [3.05, 3.63) is 63.0 Å². The van der Waals surface area contributed by atoms with Crippen LogP contribution in [-0.4, -0.2) is 15.5 Å². The predicted molar refractivity (Wildman–Crippen MR) is 101 cm³/mol. The molecule has 0 saturated carbocycles. The van der Waals surface area contributed by atoms with Gasteiger partial charge in [0.1, 0.15) is 17.2 Å². The van der Waals surface area contributed by atoms with Gasteiger partial charge in [-0.25, -0.2) is 4.98 Å². The first-order valence-corrected chi connectivity index (χ1v) is 9.15. The molecule has 1 aromatic carbocycles. The Hall–Kier alpha value is -2.47. The Kier molecular flexibility index (Phi) is 4.99. The predicted octanol–water partition coefficient (Wildman–Crippen LogP) is 3.21. The van der Waals surface area contributed by atoms with Crippen LogP contribution in [0.1, 0.15) is 36.2 Å². The monoisotopic (exact) mass is 355 g/mol. The number of carbonyl (C=O) groups is 1. The number of aromatic nitrogens is 2. The number of aryl methyl sites for hydroxylation is 2. The number of nitrogens with one attached hydrogen (secondary N) is 1. The molecule has 3 aromatic rings. The molecule has 0 aliphatic rings. The molecular formula is C19H21N3O2S. The summed E-state index contributed by atoms with van der Waals surface area (Å²) in [6.45, 7) is 5.72. The van der Waals surface area contributed by atoms with Gasteiger partial charge in [0, 0.05) is 4.88 Å². The van der Waals surface area contributed by atoms with Crippen molar-refractivity contribution in [2.45, 2.75) is 39.8 Å². The molecule has 0 fully saturated rings. The molecule has 1 N–H and O–H groups in total. The molecule has 2 aromatic heterocycles. The van der Waals surface area contributed by atoms with Gasteiger partial charge in [-0.05, 0) is 31.9 Å². The minimum absolute atomic E-state index is 0.0257. The smallest absolute Gasteiger partial charge is 0.262 e. The van der Waals surface area contributed by atoms with Crippen LogP contribution in [-0.2, 0) is 17.8 Å². The summed E-state index contributed by atoms with van der Waals surface area (Å²) < 4.78 is 1.45. The molecule has 1 unspecified atom stereocenters. The van der Waals surface area contributed by atoms with E-state index in [0.29, 0.717) is 11.2 Å². The molecule has 0 bridgehead atoms. The second-order valence-electron chi connectivity index (χ2n) is 6.04. The van der Waals surface area contributed by atoms with E-state index in [0.717, 1.165) is 21.7 Å². The summed E-state index contributed by atoms with van der Waals surface area (Å²) in [6, 6.07) is 11.5. The third-order valence-electron chi connectivity index (χ3n) is 4.22. The molecule has 25 heavy (non-hydrogen) atoms. The molecule has 0 radical (unpaired) electrons. The van der Waals surface area contributed by atoms with Gasteiger partial charge in [-0.1, -0.05) is 37.3 Å². The van der Waals surface area contributed by atoms with Crippen molar-refractivity contribution in [3.8, 4) is 0 Å². The van der Waals surface area contributed by atoms with Crippen molar-refractivity contribution in [2.75, 3.05) is 0 Å². The van der Waals surface area contributed by atoms with Gasteiger partial charge < -0.3 is 5.32 Å². The van der Waals surface area contributed by atoms with Crippen LogP contribution in [0.4, 0.5) is 0 Å². The van der Waals surface area contributed by atoms with Crippen LogP contribution in [0, 0.1) is 6.92 Å². The maximum Gasteiger partial charge on any atom is 0.262 e. The molecule has 0 saturated heterocycles. The van der Waals surface area contributed by atoms with Crippen LogP contribution in [0.5, 0.6) is 0 Å². The zero-order valence-electron chi connectivity index (χ0n) is 14.6. The Morgan fingerprint density at radius 1 is 1.32 bits per heavy atom. The molecule has 0 aliphatic carbocycles. The SMILES string of the molecule is CCc1cc2c(=O)n(CC(=O)NC(C)c3ccccc3)c(C)nc2s1. The fourth-order valence-corrected chi connectivity index (χ4v) is 3.79. The highest BCUT2D eigenvalue weighted by Gasteiger charge is 2.15. The molecule has 0 aliphatic heterocycles. The largest absolute Gasteiger partial charge is 0.348 e. The normalized spacial score (nSPS) is 12.3. The fourth-order valence-electron chi connectivity index (χ4n) is 2.78. The van der Waals surface area contributed by atoms with Crippen LogP contribution in [0.25, 0.3) is 10.2 Å². The van der Waals surface area contributed by atoms with E-state index >= 15 is 0 Å². The maximum atomic E-state index is 12.7. The van der Waals surface area contributed by atoms with Crippen molar-refractivity contribution in [1.82, 2.24) is 14.9 Å². The zero-order valence-corrected chi connectivity index (χ0v) is 15.4. The minimum atomic E-state index is -0.200. The van der Waals surface area contributed by atoms with Crippen LogP contribution >= 0.6 is 11.3 Å². The van der Waals surface area contributed by atoms with Gasteiger partial charge in [0.15, 0.2) is 0 Å². The molecule has 0 spiro atoms. The Morgan fingerprint density at radius 2 is 2.04 bits per heavy atom. The summed E-state index contributed by atoms with van der Waals surface area (Å²) in [5.41, 5.74) is 0.875. The molecule has 2 heterocycles. The lowest BCUT2D eigenvalue weighted by Crippen LogP contribution is -2.35. The number of benzene rings is 1. The first-order chi connectivity index (χ1) is 12.0. The van der Waals surface area contributed by atoms with Crippen molar-refractivity contribution in [1.29, 1.82) is 0 Å². The topological polar surface area (TPSA) is 64.0 Å². The number of rotatable bonds is 5. The summed E-state index contributed by atoms with van der Waals surface area (Å²) in [6.07, 6.45) is 0.870. The van der Waals surface area contributed by atoms with Gasteiger partial charge in [0.25, 0.3) is 5.56 Å². The van der Waals surface area contributed by atoms with Crippen molar-refractivity contribution in [3.63, 3.8) is 0 Å². The molecule has 3 rings (SSSR count). The molecule has 1 amide bonds. The van der Waals surface area contributed by atoms with Gasteiger partial charge in [-0.2, -0.15) is 0 Å². The molecule has 1 atom stereocenters. The minimum Gasteiger partial charge on any atom is -0.348 e. The number of nitrogens with zero attached hydrogens (tertiary/aromatic N) is 2. The van der Waals surface area contributed by atoms with E-state index in [1.807, 2.05) is 43.3 Å². The molecular weight excluding hydrogens is 334 g/mol. The lowest BCUT2D eigenvalue weighted by molar-refractivity contribution is -0.122. The highest BCUT2D eigenvalue weighted by Crippen LogP contribution is 2.22. The van der Waals surface area contributed by atoms with E-state index in [4.69, 9.17) is 0 Å². The van der Waals surface area contributed by atoms with Gasteiger partial charge in [0.2, 0.25) is 5.91 Å². The zero-order chi connectivity index (χ0) is 18.0. The summed E-state index contributed by atoms with van der Waals surface area (Å²) in [5.74, 6) is 0.359. The number of amides is 1. The van der Waals surface area contributed by atoms with E-state index in [1.54, 1.807) is 6.92 Å². The summed E-state index contributed by atoms with van der Waals surface area (Å²) in [4.78, 5) is 31.5. The Bertz CT molecular complexity index is 960. The van der Waals surface area contributed by atoms with Gasteiger partial charge in [-0.3, -0.25) is 14.2 Å². The number of fused-ring (bicyclic) bond motifs is 1. The molecule has 6 heteroatoms. The average Bonchev–Trinajstić information content (AvgIpc) is 3.02. The van der Waals surface area contributed by atoms with Gasteiger partial charge >= 0.3 is 0 Å². The van der Waals surface area contributed by atoms with Gasteiger partial charge in [-0.15, -0.1) is 11.3 Å². The van der Waals surface area contributed by atoms with Crippen LogP contribution < -0.4 is 10.9 Å². The lowest BCUT2D eigenvalue weighted by atomic mass is 10.1. The fraction of sp³-hybridized carbons (Fsp3) is 0.316. The molecule has 130 valence electrons. The Morgan fingerprint density at radius 3 is 2.72 bits per heavy atom. The quantitative estimate of drug-likeness (QED) is 0.764. The van der Waals surface area contributed by atoms with Crippen molar-refractivity contribution < 1.29 is 4.79 Å². The highest BCUT2D eigenvalue weighted by molar-refractivity contribution is 7.18. The third kappa shape index (κ3) is 3.64.